The highest BCUT2D eigenvalue weighted by Gasteiger charge is 2.25. The largest absolute Gasteiger partial charge is 0.461 e. The molecule has 0 fully saturated rings. The van der Waals surface area contributed by atoms with Crippen LogP contribution in [-0.4, -0.2) is 11.2 Å². The van der Waals surface area contributed by atoms with Crippen molar-refractivity contribution in [3.63, 3.8) is 0 Å². The number of para-hydroxylation sites is 1. The third-order valence-corrected chi connectivity index (χ3v) is 4.09. The minimum Gasteiger partial charge on any atom is -0.461 e. The van der Waals surface area contributed by atoms with E-state index in [9.17, 15) is 0 Å². The molecule has 2 heterocycles. The lowest BCUT2D eigenvalue weighted by Crippen LogP contribution is -2.17. The fourth-order valence-corrected chi connectivity index (χ4v) is 3.05. The molecule has 1 aromatic heterocycles. The number of rotatable bonds is 4. The van der Waals surface area contributed by atoms with E-state index < -0.39 is 0 Å². The number of aromatic nitrogens is 1. The van der Waals surface area contributed by atoms with Crippen molar-refractivity contribution in [2.24, 2.45) is 0 Å². The summed E-state index contributed by atoms with van der Waals surface area (Å²) in [5, 5.41) is 1.20. The molecule has 0 saturated carbocycles. The van der Waals surface area contributed by atoms with Crippen LogP contribution < -0.4 is 0 Å². The fraction of sp³-hybridized carbons (Fsp3) is 0.200. The normalized spacial score (nSPS) is 16.7. The van der Waals surface area contributed by atoms with Crippen molar-refractivity contribution in [2.45, 2.75) is 19.6 Å². The molecule has 1 aliphatic rings. The van der Waals surface area contributed by atoms with E-state index in [4.69, 9.17) is 9.47 Å². The summed E-state index contributed by atoms with van der Waals surface area (Å²) in [5.74, 6) is 0.920. The highest BCUT2D eigenvalue weighted by atomic mass is 16.7. The van der Waals surface area contributed by atoms with E-state index in [2.05, 4.69) is 65.4 Å². The van der Waals surface area contributed by atoms with Gasteiger partial charge in [0.2, 0.25) is 6.29 Å². The van der Waals surface area contributed by atoms with Crippen molar-refractivity contribution in [2.75, 3.05) is 6.61 Å². The number of hydrogen-bond acceptors (Lipinski definition) is 2. The summed E-state index contributed by atoms with van der Waals surface area (Å²) in [4.78, 5) is 0. The van der Waals surface area contributed by atoms with Crippen molar-refractivity contribution in [1.29, 1.82) is 0 Å². The molecule has 3 heteroatoms. The SMILES string of the molecule is CCOC1OC(Cc2ccccc2)=Cn2c1cc1ccccc12. The second-order valence-corrected chi connectivity index (χ2v) is 5.66. The molecule has 2 aromatic carbocycles. The molecule has 0 radical (unpaired) electrons. The molecule has 116 valence electrons. The molecule has 1 aliphatic heterocycles. The van der Waals surface area contributed by atoms with Gasteiger partial charge in [-0.25, -0.2) is 0 Å². The van der Waals surface area contributed by atoms with E-state index in [1.54, 1.807) is 0 Å². The Hall–Kier alpha value is -2.52. The highest BCUT2D eigenvalue weighted by molar-refractivity contribution is 5.83. The van der Waals surface area contributed by atoms with Crippen molar-refractivity contribution in [1.82, 2.24) is 4.57 Å². The Morgan fingerprint density at radius 1 is 1.04 bits per heavy atom. The molecule has 0 spiro atoms. The molecule has 4 rings (SSSR count). The summed E-state index contributed by atoms with van der Waals surface area (Å²) in [6.45, 7) is 2.61. The van der Waals surface area contributed by atoms with Gasteiger partial charge < -0.3 is 14.0 Å². The third kappa shape index (κ3) is 2.64. The van der Waals surface area contributed by atoms with E-state index in [1.165, 1.54) is 16.5 Å². The Morgan fingerprint density at radius 3 is 2.65 bits per heavy atom. The van der Waals surface area contributed by atoms with Crippen LogP contribution in [0.15, 0.2) is 66.4 Å². The standard InChI is InChI=1S/C20H19NO2/c1-2-22-20-19-13-16-10-6-7-11-18(16)21(19)14-17(23-20)12-15-8-4-3-5-9-15/h3-11,13-14,20H,2,12H2,1H3. The smallest absolute Gasteiger partial charge is 0.241 e. The number of fused-ring (bicyclic) bond motifs is 3. The zero-order valence-corrected chi connectivity index (χ0v) is 13.1. The summed E-state index contributed by atoms with van der Waals surface area (Å²) in [5.41, 5.74) is 3.46. The molecule has 3 nitrogen and oxygen atoms in total. The lowest BCUT2D eigenvalue weighted by molar-refractivity contribution is -0.123. The molecule has 0 N–H and O–H groups in total. The number of ether oxygens (including phenoxy) is 2. The summed E-state index contributed by atoms with van der Waals surface area (Å²) in [6, 6.07) is 20.9. The first kappa shape index (κ1) is 14.1. The van der Waals surface area contributed by atoms with Gasteiger partial charge in [0.15, 0.2) is 0 Å². The molecule has 0 aliphatic carbocycles. The van der Waals surface area contributed by atoms with Crippen LogP contribution in [0.25, 0.3) is 17.1 Å². The van der Waals surface area contributed by atoms with E-state index >= 15 is 0 Å². The van der Waals surface area contributed by atoms with Gasteiger partial charge in [-0.05, 0) is 24.6 Å². The lowest BCUT2D eigenvalue weighted by atomic mass is 10.1. The van der Waals surface area contributed by atoms with Crippen LogP contribution in [0.4, 0.5) is 0 Å². The minimum absolute atomic E-state index is 0.351. The van der Waals surface area contributed by atoms with E-state index in [0.717, 1.165) is 17.9 Å². The molecule has 1 unspecified atom stereocenters. The fourth-order valence-electron chi connectivity index (χ4n) is 3.05. The minimum atomic E-state index is -0.351. The first-order valence-electron chi connectivity index (χ1n) is 7.98. The number of allylic oxidation sites excluding steroid dienone is 1. The topological polar surface area (TPSA) is 23.4 Å². The molecule has 3 aromatic rings. The van der Waals surface area contributed by atoms with Crippen LogP contribution in [0, 0.1) is 0 Å². The van der Waals surface area contributed by atoms with Crippen molar-refractivity contribution >= 4 is 17.1 Å². The Labute approximate surface area is 135 Å². The van der Waals surface area contributed by atoms with Crippen LogP contribution in [-0.2, 0) is 15.9 Å². The average Bonchev–Trinajstić information content (AvgIpc) is 2.95. The van der Waals surface area contributed by atoms with Gasteiger partial charge in [0, 0.05) is 24.6 Å². The van der Waals surface area contributed by atoms with E-state index in [1.807, 2.05) is 13.0 Å². The highest BCUT2D eigenvalue weighted by Crippen LogP contribution is 2.34. The second-order valence-electron chi connectivity index (χ2n) is 5.66. The predicted molar refractivity (Wildman–Crippen MR) is 91.8 cm³/mol. The van der Waals surface area contributed by atoms with Gasteiger partial charge >= 0.3 is 0 Å². The van der Waals surface area contributed by atoms with Crippen molar-refractivity contribution < 1.29 is 9.47 Å². The quantitative estimate of drug-likeness (QED) is 0.694. The van der Waals surface area contributed by atoms with Crippen LogP contribution in [0.1, 0.15) is 24.5 Å². The van der Waals surface area contributed by atoms with Crippen molar-refractivity contribution in [3.8, 4) is 0 Å². The molecular weight excluding hydrogens is 286 g/mol. The number of nitrogens with zero attached hydrogens (tertiary/aromatic N) is 1. The van der Waals surface area contributed by atoms with Crippen LogP contribution in [0.2, 0.25) is 0 Å². The monoisotopic (exact) mass is 305 g/mol. The first-order chi connectivity index (χ1) is 11.3. The maximum Gasteiger partial charge on any atom is 0.241 e. The molecule has 0 saturated heterocycles. The third-order valence-electron chi connectivity index (χ3n) is 4.09. The number of benzene rings is 2. The summed E-state index contributed by atoms with van der Waals surface area (Å²) < 4.78 is 14.1. The Kier molecular flexibility index (Phi) is 3.64. The van der Waals surface area contributed by atoms with Gasteiger partial charge in [-0.15, -0.1) is 0 Å². The van der Waals surface area contributed by atoms with Crippen LogP contribution in [0.5, 0.6) is 0 Å². The maximum atomic E-state index is 6.10. The molecule has 0 amide bonds. The maximum absolute atomic E-state index is 6.10. The number of hydrogen-bond donors (Lipinski definition) is 0. The molecular formula is C20H19NO2. The Bertz CT molecular complexity index is 848. The van der Waals surface area contributed by atoms with Gasteiger partial charge in [-0.1, -0.05) is 48.5 Å². The van der Waals surface area contributed by atoms with E-state index in [-0.39, 0.29) is 6.29 Å². The first-order valence-corrected chi connectivity index (χ1v) is 7.98. The summed E-state index contributed by atoms with van der Waals surface area (Å²) >= 11 is 0. The van der Waals surface area contributed by atoms with Gasteiger partial charge in [0.1, 0.15) is 5.76 Å². The summed E-state index contributed by atoms with van der Waals surface area (Å²) in [7, 11) is 0. The molecule has 1 atom stereocenters. The van der Waals surface area contributed by atoms with Crippen LogP contribution in [0.3, 0.4) is 0 Å². The van der Waals surface area contributed by atoms with Crippen LogP contribution >= 0.6 is 0 Å². The predicted octanol–water partition coefficient (Wildman–Crippen LogP) is 4.75. The van der Waals surface area contributed by atoms with E-state index in [0.29, 0.717) is 6.61 Å². The Morgan fingerprint density at radius 2 is 1.83 bits per heavy atom. The van der Waals surface area contributed by atoms with Crippen molar-refractivity contribution in [3.05, 3.63) is 77.7 Å². The molecule has 0 bridgehead atoms. The Balaban J connectivity index is 1.77. The lowest BCUT2D eigenvalue weighted by Gasteiger charge is -2.26. The summed E-state index contributed by atoms with van der Waals surface area (Å²) in [6.07, 6.45) is 2.49. The van der Waals surface area contributed by atoms with Gasteiger partial charge in [0.25, 0.3) is 0 Å². The second kappa shape index (κ2) is 5.94. The van der Waals surface area contributed by atoms with Gasteiger partial charge in [-0.2, -0.15) is 0 Å². The zero-order valence-electron chi connectivity index (χ0n) is 13.1. The van der Waals surface area contributed by atoms with Gasteiger partial charge in [-0.3, -0.25) is 0 Å². The van der Waals surface area contributed by atoms with Gasteiger partial charge in [0.05, 0.1) is 11.2 Å². The zero-order chi connectivity index (χ0) is 15.6. The average molecular weight is 305 g/mol. The molecule has 23 heavy (non-hydrogen) atoms.